The monoisotopic (exact) mass is 171 g/mol. The van der Waals surface area contributed by atoms with Crippen molar-refractivity contribution in [2.24, 2.45) is 5.92 Å². The molecule has 0 amide bonds. The van der Waals surface area contributed by atoms with Crippen LogP contribution in [-0.4, -0.2) is 37.0 Å². The van der Waals surface area contributed by atoms with Gasteiger partial charge in [0, 0.05) is 12.0 Å². The molecule has 0 bridgehead atoms. The Labute approximate surface area is 73.1 Å². The van der Waals surface area contributed by atoms with Gasteiger partial charge in [-0.05, 0) is 19.4 Å². The molecule has 2 saturated heterocycles. The third-order valence-corrected chi connectivity index (χ3v) is 2.96. The van der Waals surface area contributed by atoms with Gasteiger partial charge in [-0.2, -0.15) is 0 Å². The molecule has 0 radical (unpaired) electrons. The number of ether oxygens (including phenoxy) is 1. The average Bonchev–Trinajstić information content (AvgIpc) is 2.53. The predicted octanol–water partition coefficient (Wildman–Crippen LogP) is 0.136. The number of hydrogen-bond acceptors (Lipinski definition) is 3. The summed E-state index contributed by atoms with van der Waals surface area (Å²) in [5, 5.41) is 13.0. The molecule has 2 aliphatic heterocycles. The van der Waals surface area contributed by atoms with Gasteiger partial charge in [0.15, 0.2) is 0 Å². The first-order valence-corrected chi connectivity index (χ1v) is 4.87. The van der Waals surface area contributed by atoms with Gasteiger partial charge in [0.1, 0.15) is 0 Å². The maximum atomic E-state index is 9.58. The molecule has 0 aliphatic carbocycles. The summed E-state index contributed by atoms with van der Waals surface area (Å²) in [5.41, 5.74) is 0. The molecule has 2 heterocycles. The number of hydrogen-bond donors (Lipinski definition) is 2. The molecule has 0 aromatic carbocycles. The van der Waals surface area contributed by atoms with E-state index in [9.17, 15) is 5.11 Å². The molecule has 2 fully saturated rings. The molecule has 2 rings (SSSR count). The van der Waals surface area contributed by atoms with Gasteiger partial charge in [0.2, 0.25) is 0 Å². The van der Waals surface area contributed by atoms with Crippen LogP contribution in [0.15, 0.2) is 0 Å². The maximum Gasteiger partial charge on any atom is 0.0838 e. The molecule has 3 nitrogen and oxygen atoms in total. The van der Waals surface area contributed by atoms with Gasteiger partial charge in [-0.3, -0.25) is 0 Å². The lowest BCUT2D eigenvalue weighted by atomic mass is 9.90. The number of rotatable bonds is 1. The Balaban J connectivity index is 1.89. The van der Waals surface area contributed by atoms with Crippen molar-refractivity contribution in [3.8, 4) is 0 Å². The van der Waals surface area contributed by atoms with E-state index in [2.05, 4.69) is 5.32 Å². The van der Waals surface area contributed by atoms with Crippen LogP contribution in [0.3, 0.4) is 0 Å². The van der Waals surface area contributed by atoms with Crippen LogP contribution in [0.1, 0.15) is 19.3 Å². The third kappa shape index (κ3) is 1.63. The smallest absolute Gasteiger partial charge is 0.0838 e. The minimum Gasteiger partial charge on any atom is -0.390 e. The van der Waals surface area contributed by atoms with Crippen LogP contribution >= 0.6 is 0 Å². The topological polar surface area (TPSA) is 41.5 Å². The molecule has 0 saturated carbocycles. The Morgan fingerprint density at radius 1 is 1.25 bits per heavy atom. The number of nitrogens with one attached hydrogen (secondary N) is 1. The van der Waals surface area contributed by atoms with E-state index in [-0.39, 0.29) is 6.10 Å². The Kier molecular flexibility index (Phi) is 2.63. The predicted molar refractivity (Wildman–Crippen MR) is 46.0 cm³/mol. The van der Waals surface area contributed by atoms with Crippen molar-refractivity contribution in [3.63, 3.8) is 0 Å². The molecule has 2 aliphatic rings. The van der Waals surface area contributed by atoms with Crippen LogP contribution < -0.4 is 5.32 Å². The van der Waals surface area contributed by atoms with E-state index in [1.54, 1.807) is 0 Å². The molecule has 12 heavy (non-hydrogen) atoms. The van der Waals surface area contributed by atoms with Crippen LogP contribution in [0.2, 0.25) is 0 Å². The highest BCUT2D eigenvalue weighted by atomic mass is 16.5. The van der Waals surface area contributed by atoms with Crippen LogP contribution in [0.25, 0.3) is 0 Å². The summed E-state index contributed by atoms with van der Waals surface area (Å²) in [6, 6.07) is 0.497. The summed E-state index contributed by atoms with van der Waals surface area (Å²) in [6.45, 7) is 2.37. The molecular weight excluding hydrogens is 154 g/mol. The maximum absolute atomic E-state index is 9.58. The van der Waals surface area contributed by atoms with Crippen molar-refractivity contribution < 1.29 is 9.84 Å². The standard InChI is InChI=1S/C9H17NO2/c11-9-6-12-5-7(9)8-3-1-2-4-10-8/h7-11H,1-6H2. The highest BCUT2D eigenvalue weighted by Crippen LogP contribution is 2.23. The molecule has 0 aromatic heterocycles. The Hall–Kier alpha value is -0.120. The number of aliphatic hydroxyl groups excluding tert-OH is 1. The first kappa shape index (κ1) is 8.48. The fourth-order valence-electron chi connectivity index (χ4n) is 2.19. The number of piperidine rings is 1. The normalized spacial score (nSPS) is 43.2. The molecule has 3 atom stereocenters. The third-order valence-electron chi connectivity index (χ3n) is 2.96. The second kappa shape index (κ2) is 3.73. The zero-order valence-corrected chi connectivity index (χ0v) is 7.33. The van der Waals surface area contributed by atoms with E-state index in [0.29, 0.717) is 18.6 Å². The van der Waals surface area contributed by atoms with E-state index >= 15 is 0 Å². The summed E-state index contributed by atoms with van der Waals surface area (Å²) in [5.74, 6) is 0.338. The van der Waals surface area contributed by atoms with Gasteiger partial charge in [0.05, 0.1) is 19.3 Å². The second-order valence-corrected chi connectivity index (χ2v) is 3.83. The summed E-state index contributed by atoms with van der Waals surface area (Å²) >= 11 is 0. The highest BCUT2D eigenvalue weighted by molar-refractivity contribution is 4.87. The molecule has 0 aromatic rings. The molecule has 3 heteroatoms. The van der Waals surface area contributed by atoms with Crippen LogP contribution in [0, 0.1) is 5.92 Å². The lowest BCUT2D eigenvalue weighted by molar-refractivity contribution is 0.106. The molecule has 70 valence electrons. The van der Waals surface area contributed by atoms with Gasteiger partial charge in [-0.1, -0.05) is 6.42 Å². The number of aliphatic hydroxyl groups is 1. The lowest BCUT2D eigenvalue weighted by Gasteiger charge is -2.29. The largest absolute Gasteiger partial charge is 0.390 e. The van der Waals surface area contributed by atoms with E-state index < -0.39 is 0 Å². The van der Waals surface area contributed by atoms with Gasteiger partial charge >= 0.3 is 0 Å². The van der Waals surface area contributed by atoms with Gasteiger partial charge in [-0.15, -0.1) is 0 Å². The zero-order valence-electron chi connectivity index (χ0n) is 7.33. The van der Waals surface area contributed by atoms with Crippen molar-refractivity contribution in [3.05, 3.63) is 0 Å². The fraction of sp³-hybridized carbons (Fsp3) is 1.00. The molecule has 0 spiro atoms. The van der Waals surface area contributed by atoms with Crippen LogP contribution in [0.5, 0.6) is 0 Å². The summed E-state index contributed by atoms with van der Waals surface area (Å²) in [7, 11) is 0. The van der Waals surface area contributed by atoms with E-state index in [1.807, 2.05) is 0 Å². The van der Waals surface area contributed by atoms with Gasteiger partial charge in [-0.25, -0.2) is 0 Å². The highest BCUT2D eigenvalue weighted by Gasteiger charge is 2.33. The molecular formula is C9H17NO2. The van der Waals surface area contributed by atoms with Crippen molar-refractivity contribution in [2.45, 2.75) is 31.4 Å². The SMILES string of the molecule is OC1COCC1C1CCCCN1. The van der Waals surface area contributed by atoms with Gasteiger partial charge in [0.25, 0.3) is 0 Å². The Morgan fingerprint density at radius 3 is 2.75 bits per heavy atom. The average molecular weight is 171 g/mol. The minimum absolute atomic E-state index is 0.236. The summed E-state index contributed by atoms with van der Waals surface area (Å²) in [6.07, 6.45) is 3.53. The Morgan fingerprint density at radius 2 is 2.17 bits per heavy atom. The van der Waals surface area contributed by atoms with E-state index in [1.165, 1.54) is 19.3 Å². The Bertz CT molecular complexity index is 145. The first-order chi connectivity index (χ1) is 5.88. The van der Waals surface area contributed by atoms with E-state index in [0.717, 1.165) is 13.2 Å². The second-order valence-electron chi connectivity index (χ2n) is 3.83. The summed E-state index contributed by atoms with van der Waals surface area (Å²) in [4.78, 5) is 0. The van der Waals surface area contributed by atoms with Crippen molar-refractivity contribution >= 4 is 0 Å². The molecule has 3 unspecified atom stereocenters. The van der Waals surface area contributed by atoms with Crippen molar-refractivity contribution in [2.75, 3.05) is 19.8 Å². The van der Waals surface area contributed by atoms with Crippen molar-refractivity contribution in [1.29, 1.82) is 0 Å². The van der Waals surface area contributed by atoms with E-state index in [4.69, 9.17) is 4.74 Å². The quantitative estimate of drug-likeness (QED) is 0.589. The lowest BCUT2D eigenvalue weighted by Crippen LogP contribution is -2.44. The zero-order chi connectivity index (χ0) is 8.39. The van der Waals surface area contributed by atoms with Crippen molar-refractivity contribution in [1.82, 2.24) is 5.32 Å². The first-order valence-electron chi connectivity index (χ1n) is 4.87. The van der Waals surface area contributed by atoms with Crippen LogP contribution in [0.4, 0.5) is 0 Å². The minimum atomic E-state index is -0.236. The summed E-state index contributed by atoms with van der Waals surface area (Å²) < 4.78 is 5.23. The fourth-order valence-corrected chi connectivity index (χ4v) is 2.19. The van der Waals surface area contributed by atoms with Crippen LogP contribution in [-0.2, 0) is 4.74 Å². The van der Waals surface area contributed by atoms with Gasteiger partial charge < -0.3 is 15.2 Å². The molecule has 2 N–H and O–H groups in total.